The van der Waals surface area contributed by atoms with Gasteiger partial charge in [0, 0.05) is 36.1 Å². The number of nitrogens with one attached hydrogen (secondary N) is 2. The van der Waals surface area contributed by atoms with E-state index in [9.17, 15) is 0 Å². The van der Waals surface area contributed by atoms with Crippen molar-refractivity contribution in [3.05, 3.63) is 42.7 Å². The number of aromatic nitrogens is 3. The highest BCUT2D eigenvalue weighted by Gasteiger charge is 2.05. The second kappa shape index (κ2) is 5.62. The number of anilines is 4. The number of rotatable bonds is 4. The van der Waals surface area contributed by atoms with Crippen LogP contribution >= 0.6 is 0 Å². The van der Waals surface area contributed by atoms with Gasteiger partial charge in [-0.25, -0.2) is 0 Å². The van der Waals surface area contributed by atoms with Crippen LogP contribution in [-0.4, -0.2) is 21.5 Å². The molecule has 1 aromatic carbocycles. The van der Waals surface area contributed by atoms with Crippen LogP contribution in [-0.2, 0) is 0 Å². The third kappa shape index (κ3) is 2.84. The van der Waals surface area contributed by atoms with E-state index in [0.29, 0.717) is 11.6 Å². The van der Waals surface area contributed by atoms with Gasteiger partial charge in [0.25, 0.3) is 0 Å². The highest BCUT2D eigenvalue weighted by molar-refractivity contribution is 5.94. The smallest absolute Gasteiger partial charge is 0.223 e. The molecule has 0 bridgehead atoms. The number of nitrogens with two attached hydrogens (primary N) is 1. The zero-order valence-electron chi connectivity index (χ0n) is 11.7. The van der Waals surface area contributed by atoms with Crippen LogP contribution in [0.2, 0.25) is 0 Å². The first-order valence-corrected chi connectivity index (χ1v) is 6.74. The van der Waals surface area contributed by atoms with E-state index in [1.165, 1.54) is 0 Å². The number of benzene rings is 1. The Morgan fingerprint density at radius 1 is 1.14 bits per heavy atom. The minimum atomic E-state index is 0.231. The topological polar surface area (TPSA) is 88.8 Å². The highest BCUT2D eigenvalue weighted by atomic mass is 15.1. The van der Waals surface area contributed by atoms with Gasteiger partial charge in [0.2, 0.25) is 5.95 Å². The second-order valence-corrected chi connectivity index (χ2v) is 4.55. The second-order valence-electron chi connectivity index (χ2n) is 4.55. The van der Waals surface area contributed by atoms with Crippen LogP contribution in [0.15, 0.2) is 42.7 Å². The van der Waals surface area contributed by atoms with E-state index in [-0.39, 0.29) is 5.95 Å². The van der Waals surface area contributed by atoms with Crippen molar-refractivity contribution >= 4 is 34.0 Å². The standard InChI is InChI=1S/C15H16N6/c1-2-18-13-8-14(21-15(16)20-13)19-12-5-3-4-10-6-7-17-9-11(10)12/h3-9H,2H2,1H3,(H4,16,18,19,20,21). The van der Waals surface area contributed by atoms with Crippen LogP contribution in [0.1, 0.15) is 6.92 Å². The maximum absolute atomic E-state index is 5.74. The highest BCUT2D eigenvalue weighted by Crippen LogP contribution is 2.25. The molecule has 0 aliphatic rings. The number of pyridine rings is 1. The number of hydrogen-bond donors (Lipinski definition) is 3. The van der Waals surface area contributed by atoms with Crippen LogP contribution in [0.25, 0.3) is 10.8 Å². The van der Waals surface area contributed by atoms with Gasteiger partial charge in [0.15, 0.2) is 0 Å². The lowest BCUT2D eigenvalue weighted by atomic mass is 10.1. The van der Waals surface area contributed by atoms with Gasteiger partial charge >= 0.3 is 0 Å². The molecular weight excluding hydrogens is 264 g/mol. The molecule has 4 N–H and O–H groups in total. The van der Waals surface area contributed by atoms with E-state index in [1.807, 2.05) is 43.5 Å². The Morgan fingerprint density at radius 2 is 2.00 bits per heavy atom. The van der Waals surface area contributed by atoms with Crippen molar-refractivity contribution in [1.29, 1.82) is 0 Å². The molecule has 0 amide bonds. The van der Waals surface area contributed by atoms with Crippen LogP contribution in [0.3, 0.4) is 0 Å². The Bertz CT molecular complexity index is 766. The van der Waals surface area contributed by atoms with Crippen molar-refractivity contribution in [2.24, 2.45) is 0 Å². The quantitative estimate of drug-likeness (QED) is 0.681. The first-order valence-electron chi connectivity index (χ1n) is 6.74. The van der Waals surface area contributed by atoms with Crippen LogP contribution in [0.4, 0.5) is 23.3 Å². The zero-order chi connectivity index (χ0) is 14.7. The van der Waals surface area contributed by atoms with Gasteiger partial charge < -0.3 is 16.4 Å². The Morgan fingerprint density at radius 3 is 2.86 bits per heavy atom. The largest absolute Gasteiger partial charge is 0.370 e. The average molecular weight is 280 g/mol. The maximum atomic E-state index is 5.74. The summed E-state index contributed by atoms with van der Waals surface area (Å²) in [5, 5.41) is 8.55. The van der Waals surface area contributed by atoms with E-state index >= 15 is 0 Å². The van der Waals surface area contributed by atoms with Gasteiger partial charge in [-0.05, 0) is 24.4 Å². The van der Waals surface area contributed by atoms with E-state index in [4.69, 9.17) is 5.73 Å². The molecule has 2 aromatic heterocycles. The molecule has 0 spiro atoms. The Balaban J connectivity index is 1.98. The molecule has 3 aromatic rings. The summed E-state index contributed by atoms with van der Waals surface area (Å²) in [6.45, 7) is 2.77. The predicted molar refractivity (Wildman–Crippen MR) is 85.6 cm³/mol. The maximum Gasteiger partial charge on any atom is 0.223 e. The molecule has 6 heteroatoms. The summed E-state index contributed by atoms with van der Waals surface area (Å²) >= 11 is 0. The first-order chi connectivity index (χ1) is 10.3. The van der Waals surface area contributed by atoms with Gasteiger partial charge in [-0.1, -0.05) is 12.1 Å². The minimum Gasteiger partial charge on any atom is -0.370 e. The molecule has 106 valence electrons. The molecule has 0 unspecified atom stereocenters. The zero-order valence-corrected chi connectivity index (χ0v) is 11.7. The van der Waals surface area contributed by atoms with Crippen molar-refractivity contribution in [3.63, 3.8) is 0 Å². The summed E-state index contributed by atoms with van der Waals surface area (Å²) in [6, 6.07) is 9.81. The Labute approximate surface area is 122 Å². The summed E-state index contributed by atoms with van der Waals surface area (Å²) in [4.78, 5) is 12.5. The van der Waals surface area contributed by atoms with Crippen LogP contribution in [0, 0.1) is 0 Å². The summed E-state index contributed by atoms with van der Waals surface area (Å²) < 4.78 is 0. The summed E-state index contributed by atoms with van der Waals surface area (Å²) in [5.41, 5.74) is 6.67. The number of fused-ring (bicyclic) bond motifs is 1. The molecule has 3 rings (SSSR count). The van der Waals surface area contributed by atoms with Crippen molar-refractivity contribution < 1.29 is 0 Å². The van der Waals surface area contributed by atoms with Gasteiger partial charge in [0.05, 0.1) is 0 Å². The molecule has 21 heavy (non-hydrogen) atoms. The van der Waals surface area contributed by atoms with Crippen molar-refractivity contribution in [2.45, 2.75) is 6.92 Å². The molecule has 6 nitrogen and oxygen atoms in total. The monoisotopic (exact) mass is 280 g/mol. The summed E-state index contributed by atoms with van der Waals surface area (Å²) in [6.07, 6.45) is 3.60. The lowest BCUT2D eigenvalue weighted by Gasteiger charge is -2.11. The minimum absolute atomic E-state index is 0.231. The SMILES string of the molecule is CCNc1cc(Nc2cccc3ccncc23)nc(N)n1. The van der Waals surface area contributed by atoms with Gasteiger partial charge in [-0.2, -0.15) is 9.97 Å². The van der Waals surface area contributed by atoms with Crippen LogP contribution < -0.4 is 16.4 Å². The molecule has 0 atom stereocenters. The van der Waals surface area contributed by atoms with Crippen molar-refractivity contribution in [3.8, 4) is 0 Å². The van der Waals surface area contributed by atoms with Crippen molar-refractivity contribution in [1.82, 2.24) is 15.0 Å². The normalized spacial score (nSPS) is 10.5. The number of nitrogens with zero attached hydrogens (tertiary/aromatic N) is 3. The summed E-state index contributed by atoms with van der Waals surface area (Å²) in [7, 11) is 0. The lowest BCUT2D eigenvalue weighted by Crippen LogP contribution is -2.05. The molecule has 0 fully saturated rings. The van der Waals surface area contributed by atoms with Crippen molar-refractivity contribution in [2.75, 3.05) is 22.9 Å². The van der Waals surface area contributed by atoms with E-state index in [1.54, 1.807) is 6.20 Å². The third-order valence-electron chi connectivity index (χ3n) is 3.05. The molecule has 0 saturated heterocycles. The molecule has 0 aliphatic heterocycles. The first kappa shape index (κ1) is 13.1. The van der Waals surface area contributed by atoms with E-state index < -0.39 is 0 Å². The fourth-order valence-electron chi connectivity index (χ4n) is 2.16. The molecule has 2 heterocycles. The Kier molecular flexibility index (Phi) is 3.51. The fraction of sp³-hybridized carbons (Fsp3) is 0.133. The average Bonchev–Trinajstić information content (AvgIpc) is 2.47. The molecule has 0 radical (unpaired) electrons. The molecule has 0 saturated carbocycles. The van der Waals surface area contributed by atoms with Crippen LogP contribution in [0.5, 0.6) is 0 Å². The lowest BCUT2D eigenvalue weighted by molar-refractivity contribution is 1.12. The Hall–Kier alpha value is -2.89. The fourth-order valence-corrected chi connectivity index (χ4v) is 2.16. The van der Waals surface area contributed by atoms with E-state index in [2.05, 4.69) is 25.6 Å². The molecular formula is C15H16N6. The third-order valence-corrected chi connectivity index (χ3v) is 3.05. The number of nitrogen functional groups attached to an aromatic ring is 1. The van der Waals surface area contributed by atoms with E-state index in [0.717, 1.165) is 23.0 Å². The number of hydrogen-bond acceptors (Lipinski definition) is 6. The van der Waals surface area contributed by atoms with Gasteiger partial charge in [-0.15, -0.1) is 0 Å². The molecule has 0 aliphatic carbocycles. The van der Waals surface area contributed by atoms with Gasteiger partial charge in [0.1, 0.15) is 11.6 Å². The predicted octanol–water partition coefficient (Wildman–Crippen LogP) is 2.78. The van der Waals surface area contributed by atoms with Gasteiger partial charge in [-0.3, -0.25) is 4.98 Å². The summed E-state index contributed by atoms with van der Waals surface area (Å²) in [5.74, 6) is 1.58.